The molecule has 0 saturated heterocycles. The van der Waals surface area contributed by atoms with E-state index in [1.54, 1.807) is 6.92 Å². The minimum absolute atomic E-state index is 0.423. The maximum Gasteiger partial charge on any atom is 0.394 e. The highest BCUT2D eigenvalue weighted by Crippen LogP contribution is 1.84. The number of carboxylic acid groups (broad SMARTS) is 1. The average Bonchev–Trinajstić information content (AvgIpc) is 1.63. The molecule has 9 heavy (non-hydrogen) atoms. The van der Waals surface area contributed by atoms with Crippen molar-refractivity contribution in [3.8, 4) is 0 Å². The van der Waals surface area contributed by atoms with Crippen LogP contribution in [-0.2, 0) is 9.59 Å². The van der Waals surface area contributed by atoms with Gasteiger partial charge >= 0.3 is 11.9 Å². The predicted octanol–water partition coefficient (Wildman–Crippen LogP) is -0.537. The summed E-state index contributed by atoms with van der Waals surface area (Å²) in [6.45, 7) is 1.56. The Morgan fingerprint density at radius 3 is 2.22 bits per heavy atom. The summed E-state index contributed by atoms with van der Waals surface area (Å²) < 4.78 is 0. The van der Waals surface area contributed by atoms with E-state index in [2.05, 4.69) is 17.9 Å². The van der Waals surface area contributed by atoms with Crippen molar-refractivity contribution < 1.29 is 14.7 Å². The molecular weight excluding hydrogens is 142 g/mol. The van der Waals surface area contributed by atoms with Gasteiger partial charge < -0.3 is 10.4 Å². The smallest absolute Gasteiger partial charge is 0.394 e. The first-order valence-electron chi connectivity index (χ1n) is 2.26. The predicted molar refractivity (Wildman–Crippen MR) is 34.2 cm³/mol. The largest absolute Gasteiger partial charge is 0.474 e. The molecule has 52 valence electrons. The zero-order chi connectivity index (χ0) is 7.44. The molecule has 5 heteroatoms. The Morgan fingerprint density at radius 1 is 1.67 bits per heavy atom. The van der Waals surface area contributed by atoms with Gasteiger partial charge in [0.05, 0.1) is 5.37 Å². The van der Waals surface area contributed by atoms with E-state index in [9.17, 15) is 9.59 Å². The molecule has 0 aliphatic heterocycles. The zero-order valence-corrected chi connectivity index (χ0v) is 5.68. The van der Waals surface area contributed by atoms with Crippen LogP contribution in [0, 0.1) is 0 Å². The Balaban J connectivity index is 3.65. The van der Waals surface area contributed by atoms with Crippen LogP contribution in [0.15, 0.2) is 0 Å². The summed E-state index contributed by atoms with van der Waals surface area (Å²) in [6, 6.07) is 0. The number of aliphatic carboxylic acids is 1. The number of rotatable bonds is 1. The molecule has 0 aliphatic carbocycles. The first kappa shape index (κ1) is 8.29. The lowest BCUT2D eigenvalue weighted by Crippen LogP contribution is -2.34. The van der Waals surface area contributed by atoms with Crippen molar-refractivity contribution in [3.05, 3.63) is 0 Å². The minimum Gasteiger partial charge on any atom is -0.474 e. The highest BCUT2D eigenvalue weighted by atomic mass is 32.1. The summed E-state index contributed by atoms with van der Waals surface area (Å²) in [5.74, 6) is -2.52. The van der Waals surface area contributed by atoms with Crippen LogP contribution in [0.4, 0.5) is 0 Å². The van der Waals surface area contributed by atoms with Crippen molar-refractivity contribution in [1.82, 2.24) is 5.32 Å². The Hall–Kier alpha value is -0.710. The van der Waals surface area contributed by atoms with E-state index >= 15 is 0 Å². The van der Waals surface area contributed by atoms with Crippen LogP contribution in [0.2, 0.25) is 0 Å². The Morgan fingerprint density at radius 2 is 2.11 bits per heavy atom. The van der Waals surface area contributed by atoms with Gasteiger partial charge in [-0.25, -0.2) is 4.79 Å². The second-order valence-electron chi connectivity index (χ2n) is 1.45. The van der Waals surface area contributed by atoms with Crippen molar-refractivity contribution in [2.45, 2.75) is 12.3 Å². The summed E-state index contributed by atoms with van der Waals surface area (Å²) >= 11 is 3.74. The Kier molecular flexibility index (Phi) is 3.08. The molecule has 0 aromatic rings. The van der Waals surface area contributed by atoms with Crippen LogP contribution in [0.5, 0.6) is 0 Å². The molecular formula is C4H7NO3S. The topological polar surface area (TPSA) is 66.4 Å². The van der Waals surface area contributed by atoms with Crippen molar-refractivity contribution in [1.29, 1.82) is 0 Å². The number of carbonyl (C=O) groups excluding carboxylic acids is 1. The number of thiol groups is 1. The SMILES string of the molecule is C[C@H](S)NC(=O)C(=O)O. The molecule has 0 aliphatic rings. The molecule has 1 amide bonds. The first-order valence-corrected chi connectivity index (χ1v) is 2.77. The Bertz CT molecular complexity index is 134. The number of carbonyl (C=O) groups is 2. The maximum absolute atomic E-state index is 10.2. The molecule has 0 aromatic carbocycles. The standard InChI is InChI=1S/C4H7NO3S/c1-2(9)5-3(6)4(7)8/h2,9H,1H3,(H,5,6)(H,7,8)/t2-/m0/s1. The van der Waals surface area contributed by atoms with Gasteiger partial charge in [0, 0.05) is 0 Å². The van der Waals surface area contributed by atoms with E-state index < -0.39 is 17.3 Å². The highest BCUT2D eigenvalue weighted by molar-refractivity contribution is 7.80. The van der Waals surface area contributed by atoms with E-state index in [1.165, 1.54) is 0 Å². The summed E-state index contributed by atoms with van der Waals surface area (Å²) in [6.07, 6.45) is 0. The van der Waals surface area contributed by atoms with Gasteiger partial charge in [0.1, 0.15) is 0 Å². The first-order chi connectivity index (χ1) is 4.04. The molecule has 0 unspecified atom stereocenters. The van der Waals surface area contributed by atoms with Crippen LogP contribution in [0.3, 0.4) is 0 Å². The van der Waals surface area contributed by atoms with Gasteiger partial charge in [0.15, 0.2) is 0 Å². The van der Waals surface area contributed by atoms with Crippen molar-refractivity contribution in [2.24, 2.45) is 0 Å². The highest BCUT2D eigenvalue weighted by Gasteiger charge is 2.10. The van der Waals surface area contributed by atoms with Gasteiger partial charge in [-0.15, -0.1) is 0 Å². The number of hydrogen-bond acceptors (Lipinski definition) is 3. The van der Waals surface area contributed by atoms with E-state index in [0.717, 1.165) is 0 Å². The molecule has 0 aromatic heterocycles. The lowest BCUT2D eigenvalue weighted by molar-refractivity contribution is -0.150. The summed E-state index contributed by atoms with van der Waals surface area (Å²) in [5.41, 5.74) is 0. The second kappa shape index (κ2) is 3.34. The zero-order valence-electron chi connectivity index (χ0n) is 4.79. The molecule has 0 fully saturated rings. The molecule has 0 radical (unpaired) electrons. The van der Waals surface area contributed by atoms with Gasteiger partial charge in [-0.3, -0.25) is 4.79 Å². The second-order valence-corrected chi connectivity index (χ2v) is 2.23. The fourth-order valence-electron chi connectivity index (χ4n) is 0.251. The van der Waals surface area contributed by atoms with Crippen molar-refractivity contribution in [3.63, 3.8) is 0 Å². The minimum atomic E-state index is -1.49. The molecule has 0 saturated carbocycles. The van der Waals surface area contributed by atoms with E-state index in [0.29, 0.717) is 0 Å². The quantitative estimate of drug-likeness (QED) is 0.266. The number of hydrogen-bond donors (Lipinski definition) is 3. The number of carboxylic acids is 1. The van der Waals surface area contributed by atoms with Gasteiger partial charge in [-0.1, -0.05) is 0 Å². The normalized spacial score (nSPS) is 12.2. The van der Waals surface area contributed by atoms with E-state index in [4.69, 9.17) is 5.11 Å². The van der Waals surface area contributed by atoms with Gasteiger partial charge in [-0.2, -0.15) is 12.6 Å². The molecule has 4 nitrogen and oxygen atoms in total. The van der Waals surface area contributed by atoms with E-state index in [1.807, 2.05) is 0 Å². The van der Waals surface area contributed by atoms with Crippen LogP contribution >= 0.6 is 12.6 Å². The fraction of sp³-hybridized carbons (Fsp3) is 0.500. The van der Waals surface area contributed by atoms with E-state index in [-0.39, 0.29) is 0 Å². The summed E-state index contributed by atoms with van der Waals surface area (Å²) in [4.78, 5) is 20.0. The van der Waals surface area contributed by atoms with Crippen LogP contribution < -0.4 is 5.32 Å². The monoisotopic (exact) mass is 149 g/mol. The van der Waals surface area contributed by atoms with Crippen LogP contribution in [-0.4, -0.2) is 22.4 Å². The van der Waals surface area contributed by atoms with Crippen molar-refractivity contribution in [2.75, 3.05) is 0 Å². The van der Waals surface area contributed by atoms with Crippen molar-refractivity contribution >= 4 is 24.5 Å². The lowest BCUT2D eigenvalue weighted by atomic mass is 10.6. The molecule has 0 spiro atoms. The molecule has 0 rings (SSSR count). The van der Waals surface area contributed by atoms with Gasteiger partial charge in [0.2, 0.25) is 0 Å². The molecule has 1 atom stereocenters. The van der Waals surface area contributed by atoms with Crippen LogP contribution in [0.25, 0.3) is 0 Å². The van der Waals surface area contributed by atoms with Gasteiger partial charge in [0.25, 0.3) is 0 Å². The average molecular weight is 149 g/mol. The third kappa shape index (κ3) is 3.84. The Labute approximate surface area is 57.7 Å². The summed E-state index contributed by atoms with van der Waals surface area (Å²) in [5, 5.41) is 9.63. The molecule has 0 heterocycles. The number of amides is 1. The summed E-state index contributed by atoms with van der Waals surface area (Å²) in [7, 11) is 0. The number of nitrogens with one attached hydrogen (secondary N) is 1. The molecule has 0 bridgehead atoms. The maximum atomic E-state index is 10.2. The molecule has 2 N–H and O–H groups in total. The van der Waals surface area contributed by atoms with Crippen LogP contribution in [0.1, 0.15) is 6.92 Å². The fourth-order valence-corrected chi connectivity index (χ4v) is 0.369. The lowest BCUT2D eigenvalue weighted by Gasteiger charge is -2.01. The third-order valence-corrected chi connectivity index (χ3v) is 0.663. The van der Waals surface area contributed by atoms with Gasteiger partial charge in [-0.05, 0) is 6.92 Å². The third-order valence-electron chi connectivity index (χ3n) is 0.534.